The largest absolute Gasteiger partial charge is 0.573 e. The number of benzene rings is 2. The molecule has 10 heteroatoms. The Balaban J connectivity index is 1.69. The molecule has 3 N–H and O–H groups in total. The van der Waals surface area contributed by atoms with Crippen LogP contribution in [-0.2, 0) is 0 Å². The molecule has 0 unspecified atom stereocenters. The third-order valence-corrected chi connectivity index (χ3v) is 5.31. The molecule has 0 radical (unpaired) electrons. The van der Waals surface area contributed by atoms with Crippen molar-refractivity contribution in [2.24, 2.45) is 0 Å². The molecular weight excluding hydrogens is 445 g/mol. The van der Waals surface area contributed by atoms with Crippen LogP contribution in [0.3, 0.4) is 0 Å². The third-order valence-electron chi connectivity index (χ3n) is 4.99. The maximum absolute atomic E-state index is 12.6. The summed E-state index contributed by atoms with van der Waals surface area (Å²) in [4.78, 5) is 9.01. The molecule has 3 aromatic rings. The number of nitrogens with one attached hydrogen (secondary N) is 2. The predicted molar refractivity (Wildman–Crippen MR) is 116 cm³/mol. The minimum Gasteiger partial charge on any atom is -0.508 e. The Kier molecular flexibility index (Phi) is 6.27. The van der Waals surface area contributed by atoms with Crippen molar-refractivity contribution in [2.75, 3.05) is 10.6 Å². The first-order valence-corrected chi connectivity index (χ1v) is 10.4. The van der Waals surface area contributed by atoms with Crippen molar-refractivity contribution in [1.29, 1.82) is 0 Å². The van der Waals surface area contributed by atoms with Gasteiger partial charge in [-0.2, -0.15) is 4.98 Å². The van der Waals surface area contributed by atoms with Gasteiger partial charge in [-0.15, -0.1) is 13.2 Å². The van der Waals surface area contributed by atoms with Crippen LogP contribution >= 0.6 is 11.6 Å². The molecule has 168 valence electrons. The number of rotatable bonds is 6. The maximum atomic E-state index is 12.6. The van der Waals surface area contributed by atoms with E-state index in [0.717, 1.165) is 25.7 Å². The van der Waals surface area contributed by atoms with E-state index in [9.17, 15) is 18.3 Å². The summed E-state index contributed by atoms with van der Waals surface area (Å²) in [6.07, 6.45) is -0.573. The fraction of sp³-hybridized carbons (Fsp3) is 0.273. The summed E-state index contributed by atoms with van der Waals surface area (Å²) in [6.45, 7) is 0. The SMILES string of the molecule is Oc1ccc(Nc2cc(-c3cccc(OC(F)(F)F)c3)nc(NC3CCCC3)n2)c(Cl)c1. The summed E-state index contributed by atoms with van der Waals surface area (Å²) in [5.41, 5.74) is 1.35. The molecule has 0 saturated heterocycles. The maximum Gasteiger partial charge on any atom is 0.573 e. The van der Waals surface area contributed by atoms with E-state index >= 15 is 0 Å². The van der Waals surface area contributed by atoms with E-state index in [1.165, 1.54) is 30.3 Å². The van der Waals surface area contributed by atoms with Crippen LogP contribution in [0.15, 0.2) is 48.5 Å². The Morgan fingerprint density at radius 1 is 1.03 bits per heavy atom. The van der Waals surface area contributed by atoms with Gasteiger partial charge in [-0.1, -0.05) is 36.6 Å². The first-order valence-electron chi connectivity index (χ1n) is 10.0. The zero-order valence-corrected chi connectivity index (χ0v) is 17.5. The second kappa shape index (κ2) is 9.12. The minimum absolute atomic E-state index is 0.0222. The van der Waals surface area contributed by atoms with E-state index in [4.69, 9.17) is 11.6 Å². The van der Waals surface area contributed by atoms with Crippen LogP contribution in [0.25, 0.3) is 11.3 Å². The lowest BCUT2D eigenvalue weighted by Crippen LogP contribution is -2.17. The molecule has 0 spiro atoms. The van der Waals surface area contributed by atoms with E-state index < -0.39 is 6.36 Å². The second-order valence-electron chi connectivity index (χ2n) is 7.45. The van der Waals surface area contributed by atoms with E-state index in [1.807, 2.05) is 0 Å². The van der Waals surface area contributed by atoms with E-state index in [-0.39, 0.29) is 22.6 Å². The summed E-state index contributed by atoms with van der Waals surface area (Å²) in [5.74, 6) is 0.433. The van der Waals surface area contributed by atoms with Crippen molar-refractivity contribution < 1.29 is 23.0 Å². The molecular formula is C22H20ClF3N4O2. The summed E-state index contributed by atoms with van der Waals surface area (Å²) >= 11 is 6.19. The molecule has 0 atom stereocenters. The normalized spacial score (nSPS) is 14.4. The first kappa shape index (κ1) is 22.0. The second-order valence-corrected chi connectivity index (χ2v) is 7.86. The van der Waals surface area contributed by atoms with Gasteiger partial charge in [-0.05, 0) is 37.1 Å². The molecule has 1 aromatic heterocycles. The number of phenols is 1. The number of hydrogen-bond donors (Lipinski definition) is 3. The highest BCUT2D eigenvalue weighted by molar-refractivity contribution is 6.33. The molecule has 2 aromatic carbocycles. The highest BCUT2D eigenvalue weighted by Crippen LogP contribution is 2.32. The predicted octanol–water partition coefficient (Wildman–Crippen LogP) is 6.50. The lowest BCUT2D eigenvalue weighted by molar-refractivity contribution is -0.274. The van der Waals surface area contributed by atoms with Gasteiger partial charge in [0.05, 0.1) is 16.4 Å². The van der Waals surface area contributed by atoms with Crippen LogP contribution in [-0.4, -0.2) is 27.5 Å². The number of halogens is 4. The van der Waals surface area contributed by atoms with Crippen LogP contribution in [0.5, 0.6) is 11.5 Å². The van der Waals surface area contributed by atoms with Crippen molar-refractivity contribution in [3.05, 3.63) is 53.6 Å². The van der Waals surface area contributed by atoms with Gasteiger partial charge in [0.2, 0.25) is 5.95 Å². The fourth-order valence-corrected chi connectivity index (χ4v) is 3.79. The number of nitrogens with zero attached hydrogens (tertiary/aromatic N) is 2. The Hall–Kier alpha value is -3.20. The quantitative estimate of drug-likeness (QED) is 0.361. The van der Waals surface area contributed by atoms with Crippen LogP contribution in [0, 0.1) is 0 Å². The number of anilines is 3. The van der Waals surface area contributed by atoms with Gasteiger partial charge in [0.15, 0.2) is 0 Å². The lowest BCUT2D eigenvalue weighted by Gasteiger charge is -2.16. The van der Waals surface area contributed by atoms with E-state index in [0.29, 0.717) is 28.7 Å². The monoisotopic (exact) mass is 464 g/mol. The van der Waals surface area contributed by atoms with Gasteiger partial charge in [0, 0.05) is 23.7 Å². The molecule has 0 bridgehead atoms. The Labute approximate surface area is 187 Å². The highest BCUT2D eigenvalue weighted by Gasteiger charge is 2.31. The number of phenolic OH excluding ortho intramolecular Hbond substituents is 1. The number of aromatic nitrogens is 2. The number of alkyl halides is 3. The van der Waals surface area contributed by atoms with Crippen LogP contribution in [0.1, 0.15) is 25.7 Å². The van der Waals surface area contributed by atoms with Gasteiger partial charge < -0.3 is 20.5 Å². The summed E-state index contributed by atoms with van der Waals surface area (Å²) < 4.78 is 42.0. The van der Waals surface area contributed by atoms with E-state index in [1.54, 1.807) is 18.2 Å². The fourth-order valence-electron chi connectivity index (χ4n) is 3.57. The van der Waals surface area contributed by atoms with Crippen molar-refractivity contribution in [2.45, 2.75) is 38.1 Å². The Bertz CT molecular complexity index is 1100. The van der Waals surface area contributed by atoms with Gasteiger partial charge in [-0.25, -0.2) is 4.98 Å². The molecule has 4 rings (SSSR count). The molecule has 1 heterocycles. The summed E-state index contributed by atoms with van der Waals surface area (Å²) in [6, 6.07) is 11.9. The number of hydrogen-bond acceptors (Lipinski definition) is 6. The average Bonchev–Trinajstić information content (AvgIpc) is 3.22. The van der Waals surface area contributed by atoms with Crippen LogP contribution < -0.4 is 15.4 Å². The van der Waals surface area contributed by atoms with Crippen molar-refractivity contribution in [3.8, 4) is 22.8 Å². The molecule has 1 fully saturated rings. The van der Waals surface area contributed by atoms with Gasteiger partial charge in [0.1, 0.15) is 17.3 Å². The molecule has 6 nitrogen and oxygen atoms in total. The lowest BCUT2D eigenvalue weighted by atomic mass is 10.1. The molecule has 0 amide bonds. The molecule has 32 heavy (non-hydrogen) atoms. The van der Waals surface area contributed by atoms with Gasteiger partial charge in [-0.3, -0.25) is 0 Å². The molecule has 1 saturated carbocycles. The summed E-state index contributed by atoms with van der Waals surface area (Å²) in [5, 5.41) is 16.2. The average molecular weight is 465 g/mol. The zero-order valence-electron chi connectivity index (χ0n) is 16.8. The standard InChI is InChI=1S/C22H20ClF3N4O2/c23-17-11-15(31)8-9-18(17)28-20-12-19(29-21(30-20)27-14-5-1-2-6-14)13-4-3-7-16(10-13)32-22(24,25)26/h3-4,7-12,14,31H,1-2,5-6H2,(H2,27,28,29,30). The third kappa shape index (κ3) is 5.73. The van der Waals surface area contributed by atoms with Crippen LogP contribution in [0.2, 0.25) is 5.02 Å². The van der Waals surface area contributed by atoms with Crippen molar-refractivity contribution in [3.63, 3.8) is 0 Å². The number of aromatic hydroxyl groups is 1. The minimum atomic E-state index is -4.79. The first-order chi connectivity index (χ1) is 15.2. The highest BCUT2D eigenvalue weighted by atomic mass is 35.5. The molecule has 1 aliphatic rings. The van der Waals surface area contributed by atoms with Crippen LogP contribution in [0.4, 0.5) is 30.6 Å². The van der Waals surface area contributed by atoms with Crippen molar-refractivity contribution >= 4 is 29.1 Å². The smallest absolute Gasteiger partial charge is 0.508 e. The molecule has 0 aliphatic heterocycles. The molecule has 1 aliphatic carbocycles. The van der Waals surface area contributed by atoms with Gasteiger partial charge in [0.25, 0.3) is 0 Å². The topological polar surface area (TPSA) is 79.3 Å². The van der Waals surface area contributed by atoms with Gasteiger partial charge >= 0.3 is 6.36 Å². The number of ether oxygens (including phenoxy) is 1. The zero-order chi connectivity index (χ0) is 22.7. The van der Waals surface area contributed by atoms with E-state index in [2.05, 4.69) is 25.3 Å². The van der Waals surface area contributed by atoms with Crippen molar-refractivity contribution in [1.82, 2.24) is 9.97 Å². The summed E-state index contributed by atoms with van der Waals surface area (Å²) in [7, 11) is 0. The Morgan fingerprint density at radius 2 is 1.81 bits per heavy atom. The Morgan fingerprint density at radius 3 is 2.53 bits per heavy atom.